The van der Waals surface area contributed by atoms with E-state index in [2.05, 4.69) is 10.3 Å². The zero-order chi connectivity index (χ0) is 26.8. The van der Waals surface area contributed by atoms with E-state index >= 15 is 0 Å². The summed E-state index contributed by atoms with van der Waals surface area (Å²) in [6, 6.07) is 11.9. The van der Waals surface area contributed by atoms with Crippen molar-refractivity contribution in [1.29, 1.82) is 0 Å². The number of alkyl carbamates (subject to hydrolysis) is 1. The molecule has 2 aromatic rings. The van der Waals surface area contributed by atoms with Gasteiger partial charge in [0.25, 0.3) is 0 Å². The molecule has 1 N–H and O–H groups in total. The highest BCUT2D eigenvalue weighted by Gasteiger charge is 2.28. The van der Waals surface area contributed by atoms with Gasteiger partial charge >= 0.3 is 12.1 Å². The van der Waals surface area contributed by atoms with E-state index in [4.69, 9.17) is 14.2 Å². The maximum Gasteiger partial charge on any atom is 0.408 e. The number of para-hydroxylation sites is 1. The maximum atomic E-state index is 12.6. The molecule has 0 aliphatic heterocycles. The number of hydrogen-bond donors (Lipinski definition) is 1. The number of carbonyl (C=O) groups excluding carboxylic acids is 3. The summed E-state index contributed by atoms with van der Waals surface area (Å²) in [5.74, 6) is 1.75. The number of carbonyl (C=O) groups is 3. The van der Waals surface area contributed by atoms with Crippen LogP contribution in [0.25, 0.3) is 0 Å². The minimum atomic E-state index is -0.846. The molecule has 1 aromatic carbocycles. The number of rotatable bonds is 11. The predicted molar refractivity (Wildman–Crippen MR) is 141 cm³/mol. The molecule has 0 aliphatic carbocycles. The molecular formula is C27H36N2O6S. The van der Waals surface area contributed by atoms with Gasteiger partial charge in [-0.05, 0) is 78.0 Å². The van der Waals surface area contributed by atoms with Gasteiger partial charge in [0, 0.05) is 12.2 Å². The number of hydrogen-bond acceptors (Lipinski definition) is 8. The van der Waals surface area contributed by atoms with Crippen LogP contribution in [0.15, 0.2) is 48.7 Å². The van der Waals surface area contributed by atoms with Crippen LogP contribution in [0, 0.1) is 0 Å². The van der Waals surface area contributed by atoms with E-state index in [1.54, 1.807) is 53.7 Å². The lowest BCUT2D eigenvalue weighted by atomic mass is 10.1. The van der Waals surface area contributed by atoms with E-state index < -0.39 is 29.3 Å². The minimum absolute atomic E-state index is 0.0793. The second-order valence-corrected chi connectivity index (χ2v) is 11.3. The molecule has 36 heavy (non-hydrogen) atoms. The normalized spacial score (nSPS) is 12.4. The van der Waals surface area contributed by atoms with Crippen molar-refractivity contribution in [1.82, 2.24) is 10.3 Å². The number of amides is 1. The van der Waals surface area contributed by atoms with E-state index in [9.17, 15) is 14.4 Å². The first kappa shape index (κ1) is 29.2. The molecule has 196 valence electrons. The molecule has 1 aromatic heterocycles. The Morgan fingerprint density at radius 2 is 1.56 bits per heavy atom. The summed E-state index contributed by atoms with van der Waals surface area (Å²) in [6.45, 7) is 10.6. The van der Waals surface area contributed by atoms with Crippen LogP contribution in [0.4, 0.5) is 4.79 Å². The molecule has 2 rings (SSSR count). The maximum absolute atomic E-state index is 12.6. The van der Waals surface area contributed by atoms with Crippen molar-refractivity contribution in [3.8, 4) is 11.5 Å². The van der Waals surface area contributed by atoms with Gasteiger partial charge in [0.05, 0.1) is 6.20 Å². The Balaban J connectivity index is 1.81. The Morgan fingerprint density at radius 1 is 0.889 bits per heavy atom. The number of aromatic nitrogens is 1. The van der Waals surface area contributed by atoms with Crippen LogP contribution in [-0.2, 0) is 14.3 Å². The summed E-state index contributed by atoms with van der Waals surface area (Å²) >= 11 is 1.51. The summed E-state index contributed by atoms with van der Waals surface area (Å²) in [4.78, 5) is 41.5. The largest absolute Gasteiger partial charge is 0.458 e. The Hall–Kier alpha value is -3.07. The molecule has 1 heterocycles. The third-order valence-electron chi connectivity index (χ3n) is 4.41. The van der Waals surface area contributed by atoms with Gasteiger partial charge in [0.15, 0.2) is 5.78 Å². The van der Waals surface area contributed by atoms with Crippen molar-refractivity contribution in [3.05, 3.63) is 54.4 Å². The average Bonchev–Trinajstić information content (AvgIpc) is 2.76. The lowest BCUT2D eigenvalue weighted by molar-refractivity contribution is -0.157. The number of ether oxygens (including phenoxy) is 3. The van der Waals surface area contributed by atoms with Crippen LogP contribution in [0.3, 0.4) is 0 Å². The van der Waals surface area contributed by atoms with E-state index in [0.717, 1.165) is 0 Å². The first-order valence-electron chi connectivity index (χ1n) is 11.8. The van der Waals surface area contributed by atoms with Crippen LogP contribution in [-0.4, -0.2) is 51.6 Å². The Labute approximate surface area is 217 Å². The molecule has 0 fully saturated rings. The standard InChI is InChI=1S/C27H36N2O6S/c1-26(2,3)34-24(31)22(29-25(32)35-27(4,5)6)14-16-36-17-15-23(30)21-13-12-20(18-28-21)33-19-10-8-7-9-11-19/h7-13,18,22H,14-17H2,1-6H3,(H,29,32)/t22-/m0/s1. The second-order valence-electron chi connectivity index (χ2n) is 10.1. The number of thioether (sulfide) groups is 1. The number of benzene rings is 1. The van der Waals surface area contributed by atoms with Gasteiger partial charge in [-0.25, -0.2) is 14.6 Å². The summed E-state index contributed by atoms with van der Waals surface area (Å²) in [7, 11) is 0. The van der Waals surface area contributed by atoms with E-state index in [0.29, 0.717) is 41.5 Å². The van der Waals surface area contributed by atoms with Crippen molar-refractivity contribution in [2.45, 2.75) is 71.6 Å². The summed E-state index contributed by atoms with van der Waals surface area (Å²) < 4.78 is 16.4. The summed E-state index contributed by atoms with van der Waals surface area (Å²) in [5.41, 5.74) is -0.995. The molecule has 1 amide bonds. The molecular weight excluding hydrogens is 480 g/mol. The van der Waals surface area contributed by atoms with Crippen molar-refractivity contribution < 1.29 is 28.6 Å². The fourth-order valence-electron chi connectivity index (χ4n) is 2.90. The Morgan fingerprint density at radius 3 is 2.14 bits per heavy atom. The van der Waals surface area contributed by atoms with Crippen LogP contribution in [0.1, 0.15) is 64.9 Å². The van der Waals surface area contributed by atoms with Gasteiger partial charge in [-0.15, -0.1) is 0 Å². The molecule has 0 unspecified atom stereocenters. The number of nitrogens with one attached hydrogen (secondary N) is 1. The van der Waals surface area contributed by atoms with E-state index in [1.165, 1.54) is 18.0 Å². The SMILES string of the molecule is CC(C)(C)OC(=O)N[C@@H](CCSCCC(=O)c1ccc(Oc2ccccc2)cn1)C(=O)OC(C)(C)C. The van der Waals surface area contributed by atoms with Crippen molar-refractivity contribution in [3.63, 3.8) is 0 Å². The molecule has 0 radical (unpaired) electrons. The fourth-order valence-corrected chi connectivity index (χ4v) is 3.83. The van der Waals surface area contributed by atoms with Gasteiger partial charge < -0.3 is 19.5 Å². The first-order chi connectivity index (χ1) is 16.8. The van der Waals surface area contributed by atoms with Crippen LogP contribution < -0.4 is 10.1 Å². The van der Waals surface area contributed by atoms with Crippen LogP contribution >= 0.6 is 11.8 Å². The highest BCUT2D eigenvalue weighted by molar-refractivity contribution is 7.99. The summed E-state index contributed by atoms with van der Waals surface area (Å²) in [5, 5.41) is 2.61. The Bertz CT molecular complexity index is 998. The highest BCUT2D eigenvalue weighted by atomic mass is 32.2. The molecule has 0 saturated heterocycles. The number of esters is 1. The first-order valence-corrected chi connectivity index (χ1v) is 13.0. The lowest BCUT2D eigenvalue weighted by Crippen LogP contribution is -2.46. The van der Waals surface area contributed by atoms with Crippen molar-refractivity contribution >= 4 is 29.6 Å². The number of nitrogens with zero attached hydrogens (tertiary/aromatic N) is 1. The minimum Gasteiger partial charge on any atom is -0.458 e. The lowest BCUT2D eigenvalue weighted by Gasteiger charge is -2.26. The monoisotopic (exact) mass is 516 g/mol. The molecule has 1 atom stereocenters. The second kappa shape index (κ2) is 13.3. The summed E-state index contributed by atoms with van der Waals surface area (Å²) in [6.07, 6.45) is 1.50. The smallest absolute Gasteiger partial charge is 0.408 e. The fraction of sp³-hybridized carbons (Fsp3) is 0.481. The molecule has 0 bridgehead atoms. The molecule has 0 aliphatic rings. The van der Waals surface area contributed by atoms with E-state index in [1.807, 2.05) is 30.3 Å². The van der Waals surface area contributed by atoms with Gasteiger partial charge in [-0.1, -0.05) is 18.2 Å². The van der Waals surface area contributed by atoms with Gasteiger partial charge in [0.1, 0.15) is 34.4 Å². The van der Waals surface area contributed by atoms with Gasteiger partial charge in [-0.2, -0.15) is 11.8 Å². The number of Topliss-reactive ketones (excluding diaryl/α,β-unsaturated/α-hetero) is 1. The van der Waals surface area contributed by atoms with Crippen molar-refractivity contribution in [2.24, 2.45) is 0 Å². The highest BCUT2D eigenvalue weighted by Crippen LogP contribution is 2.20. The third-order valence-corrected chi connectivity index (χ3v) is 5.42. The molecule has 0 saturated carbocycles. The van der Waals surface area contributed by atoms with E-state index in [-0.39, 0.29) is 5.78 Å². The zero-order valence-corrected chi connectivity index (χ0v) is 22.6. The topological polar surface area (TPSA) is 104 Å². The number of pyridine rings is 1. The number of ketones is 1. The molecule has 8 nitrogen and oxygen atoms in total. The quantitative estimate of drug-likeness (QED) is 0.227. The van der Waals surface area contributed by atoms with Crippen LogP contribution in [0.5, 0.6) is 11.5 Å². The Kier molecular flexibility index (Phi) is 10.8. The van der Waals surface area contributed by atoms with Crippen molar-refractivity contribution in [2.75, 3.05) is 11.5 Å². The average molecular weight is 517 g/mol. The van der Waals surface area contributed by atoms with Crippen LogP contribution in [0.2, 0.25) is 0 Å². The predicted octanol–water partition coefficient (Wildman–Crippen LogP) is 5.81. The molecule has 0 spiro atoms. The third kappa shape index (κ3) is 11.6. The van der Waals surface area contributed by atoms with Gasteiger partial charge in [-0.3, -0.25) is 4.79 Å². The zero-order valence-electron chi connectivity index (χ0n) is 21.8. The molecule has 9 heteroatoms. The van der Waals surface area contributed by atoms with Gasteiger partial charge in [0.2, 0.25) is 0 Å².